The Morgan fingerprint density at radius 1 is 1.21 bits per heavy atom. The van der Waals surface area contributed by atoms with Crippen molar-refractivity contribution in [1.82, 2.24) is 4.98 Å². The molecule has 4 heterocycles. The number of fused-ring (bicyclic) bond motifs is 1. The largest absolute Gasteiger partial charge is 0.496 e. The zero-order valence-electron chi connectivity index (χ0n) is 14.5. The van der Waals surface area contributed by atoms with Gasteiger partial charge in [-0.3, -0.25) is 4.98 Å². The van der Waals surface area contributed by atoms with Crippen molar-refractivity contribution in [2.24, 2.45) is 0 Å². The van der Waals surface area contributed by atoms with Crippen molar-refractivity contribution in [3.05, 3.63) is 23.2 Å². The van der Waals surface area contributed by atoms with E-state index in [0.29, 0.717) is 19.6 Å². The molecule has 2 aromatic heterocycles. The molecule has 0 aliphatic carbocycles. The Labute approximate surface area is 146 Å². The fourth-order valence-corrected chi connectivity index (χ4v) is 4.33. The number of pyridine rings is 1. The van der Waals surface area contributed by atoms with Gasteiger partial charge in [-0.2, -0.15) is 0 Å². The highest BCUT2D eigenvalue weighted by atomic mass is 32.1. The van der Waals surface area contributed by atoms with Crippen molar-refractivity contribution >= 4 is 34.1 Å². The lowest BCUT2D eigenvalue weighted by Crippen LogP contribution is -2.41. The van der Waals surface area contributed by atoms with Gasteiger partial charge >= 0.3 is 7.12 Å². The minimum Gasteiger partial charge on any atom is -0.399 e. The van der Waals surface area contributed by atoms with Gasteiger partial charge in [-0.1, -0.05) is 0 Å². The molecular formula is C17H22BNO4S. The molecule has 2 saturated heterocycles. The predicted octanol–water partition coefficient (Wildman–Crippen LogP) is 2.20. The van der Waals surface area contributed by atoms with E-state index in [1.54, 1.807) is 17.5 Å². The monoisotopic (exact) mass is 347 g/mol. The highest BCUT2D eigenvalue weighted by Crippen LogP contribution is 2.40. The molecule has 0 aromatic carbocycles. The molecule has 0 bridgehead atoms. The van der Waals surface area contributed by atoms with Crippen LogP contribution in [0.25, 0.3) is 10.2 Å². The van der Waals surface area contributed by atoms with E-state index in [4.69, 9.17) is 14.0 Å². The maximum atomic E-state index is 10.8. The van der Waals surface area contributed by atoms with E-state index in [1.165, 1.54) is 0 Å². The van der Waals surface area contributed by atoms with Crippen molar-refractivity contribution < 1.29 is 19.2 Å². The normalized spacial score (nSPS) is 28.8. The zero-order chi connectivity index (χ0) is 17.2. The third-order valence-corrected chi connectivity index (χ3v) is 6.78. The van der Waals surface area contributed by atoms with Gasteiger partial charge in [0.25, 0.3) is 0 Å². The van der Waals surface area contributed by atoms with E-state index in [2.05, 4.69) is 4.98 Å². The smallest absolute Gasteiger partial charge is 0.399 e. The van der Waals surface area contributed by atoms with Gasteiger partial charge in [0.1, 0.15) is 5.60 Å². The average molecular weight is 347 g/mol. The van der Waals surface area contributed by atoms with Crippen LogP contribution < -0.4 is 5.46 Å². The first-order chi connectivity index (χ1) is 11.2. The van der Waals surface area contributed by atoms with Gasteiger partial charge in [-0.15, -0.1) is 11.3 Å². The highest BCUT2D eigenvalue weighted by Gasteiger charge is 2.52. The molecule has 7 heteroatoms. The molecule has 24 heavy (non-hydrogen) atoms. The summed E-state index contributed by atoms with van der Waals surface area (Å²) in [6.07, 6.45) is 2.39. The third kappa shape index (κ3) is 2.42. The Bertz CT molecular complexity index is 766. The Morgan fingerprint density at radius 3 is 2.54 bits per heavy atom. The molecule has 2 aliphatic rings. The molecule has 0 spiro atoms. The molecule has 0 saturated carbocycles. The number of aromatic nitrogens is 1. The van der Waals surface area contributed by atoms with Crippen LogP contribution in [0.2, 0.25) is 0 Å². The molecule has 2 aliphatic heterocycles. The second kappa shape index (κ2) is 5.25. The van der Waals surface area contributed by atoms with Gasteiger partial charge in [-0.25, -0.2) is 0 Å². The van der Waals surface area contributed by atoms with Crippen LogP contribution in [0.15, 0.2) is 18.3 Å². The lowest BCUT2D eigenvalue weighted by Gasteiger charge is -2.32. The summed E-state index contributed by atoms with van der Waals surface area (Å²) in [6.45, 7) is 9.11. The molecule has 5 nitrogen and oxygen atoms in total. The number of ether oxygens (including phenoxy) is 1. The lowest BCUT2D eigenvalue weighted by atomic mass is 9.79. The summed E-state index contributed by atoms with van der Waals surface area (Å²) in [5.74, 6) is 0. The van der Waals surface area contributed by atoms with Gasteiger partial charge < -0.3 is 19.2 Å². The van der Waals surface area contributed by atoms with Crippen molar-refractivity contribution in [3.63, 3.8) is 0 Å². The SMILES string of the molecule is CC1(C)OB(c2ccnc3cc(C4(O)CCOC4)sc23)OC1(C)C. The van der Waals surface area contributed by atoms with Crippen LogP contribution in [-0.2, 0) is 19.6 Å². The van der Waals surface area contributed by atoms with Gasteiger partial charge in [0.05, 0.1) is 28.0 Å². The van der Waals surface area contributed by atoms with Crippen LogP contribution in [0.3, 0.4) is 0 Å². The maximum absolute atomic E-state index is 10.8. The Morgan fingerprint density at radius 2 is 1.92 bits per heavy atom. The molecule has 0 amide bonds. The molecule has 1 unspecified atom stereocenters. The van der Waals surface area contributed by atoms with Gasteiger partial charge in [0, 0.05) is 29.6 Å². The molecule has 0 radical (unpaired) electrons. The van der Waals surface area contributed by atoms with Gasteiger partial charge in [0.15, 0.2) is 0 Å². The summed E-state index contributed by atoms with van der Waals surface area (Å²) in [7, 11) is -0.429. The number of nitrogens with zero attached hydrogens (tertiary/aromatic N) is 1. The minimum absolute atomic E-state index is 0.339. The van der Waals surface area contributed by atoms with Crippen LogP contribution in [-0.4, -0.2) is 41.6 Å². The van der Waals surface area contributed by atoms with Crippen LogP contribution in [0.1, 0.15) is 39.0 Å². The fraction of sp³-hybridized carbons (Fsp3) is 0.588. The van der Waals surface area contributed by atoms with Gasteiger partial charge in [0.2, 0.25) is 0 Å². The Hall–Kier alpha value is -0.985. The van der Waals surface area contributed by atoms with E-state index in [-0.39, 0.29) is 11.2 Å². The van der Waals surface area contributed by atoms with Gasteiger partial charge in [-0.05, 0) is 39.8 Å². The lowest BCUT2D eigenvalue weighted by molar-refractivity contribution is 0.00578. The summed E-state index contributed by atoms with van der Waals surface area (Å²) >= 11 is 1.55. The van der Waals surface area contributed by atoms with Crippen LogP contribution in [0.4, 0.5) is 0 Å². The van der Waals surface area contributed by atoms with Crippen LogP contribution in [0.5, 0.6) is 0 Å². The molecular weight excluding hydrogens is 325 g/mol. The zero-order valence-corrected chi connectivity index (χ0v) is 15.3. The summed E-state index contributed by atoms with van der Waals surface area (Å²) in [5, 5.41) is 10.8. The van der Waals surface area contributed by atoms with E-state index >= 15 is 0 Å². The minimum atomic E-state index is -0.904. The first-order valence-corrected chi connectivity index (χ1v) is 9.08. The number of rotatable bonds is 2. The Kier molecular flexibility index (Phi) is 3.61. The number of thiophene rings is 1. The standard InChI is InChI=1S/C17H22BNO4S/c1-15(2)16(3,4)23-18(22-15)11-5-7-19-12-9-13(24-14(11)12)17(20)6-8-21-10-17/h5,7,9,20H,6,8,10H2,1-4H3. The summed E-state index contributed by atoms with van der Waals surface area (Å²) in [6, 6.07) is 3.91. The fourth-order valence-electron chi connectivity index (χ4n) is 3.09. The van der Waals surface area contributed by atoms with Crippen molar-refractivity contribution in [1.29, 1.82) is 0 Å². The maximum Gasteiger partial charge on any atom is 0.496 e. The summed E-state index contributed by atoms with van der Waals surface area (Å²) in [5.41, 5.74) is 0.161. The van der Waals surface area contributed by atoms with Crippen molar-refractivity contribution in [3.8, 4) is 0 Å². The molecule has 1 N–H and O–H groups in total. The summed E-state index contributed by atoms with van der Waals surface area (Å²) < 4.78 is 18.8. The molecule has 1 atom stereocenters. The first-order valence-electron chi connectivity index (χ1n) is 8.27. The third-order valence-electron chi connectivity index (χ3n) is 5.41. The van der Waals surface area contributed by atoms with Crippen molar-refractivity contribution in [2.75, 3.05) is 13.2 Å². The quantitative estimate of drug-likeness (QED) is 0.844. The predicted molar refractivity (Wildman–Crippen MR) is 94.7 cm³/mol. The van der Waals surface area contributed by atoms with E-state index in [1.807, 2.05) is 39.8 Å². The van der Waals surface area contributed by atoms with E-state index in [9.17, 15) is 5.11 Å². The summed E-state index contributed by atoms with van der Waals surface area (Å²) in [4.78, 5) is 5.35. The van der Waals surface area contributed by atoms with E-state index < -0.39 is 12.7 Å². The number of hydrogen-bond donors (Lipinski definition) is 1. The number of hydrogen-bond acceptors (Lipinski definition) is 6. The van der Waals surface area contributed by atoms with Crippen LogP contribution in [0, 0.1) is 0 Å². The molecule has 128 valence electrons. The first kappa shape index (κ1) is 16.5. The number of aliphatic hydroxyl groups is 1. The highest BCUT2D eigenvalue weighted by molar-refractivity contribution is 7.20. The average Bonchev–Trinajstić information content (AvgIpc) is 3.16. The molecule has 2 fully saturated rings. The van der Waals surface area contributed by atoms with Crippen molar-refractivity contribution in [2.45, 2.75) is 50.9 Å². The van der Waals surface area contributed by atoms with Crippen LogP contribution >= 0.6 is 11.3 Å². The van der Waals surface area contributed by atoms with E-state index in [0.717, 1.165) is 20.6 Å². The Balaban J connectivity index is 1.76. The second-order valence-corrected chi connectivity index (χ2v) is 8.70. The second-order valence-electron chi connectivity index (χ2n) is 7.65. The topological polar surface area (TPSA) is 60.8 Å². The molecule has 4 rings (SSSR count). The molecule has 2 aromatic rings.